The van der Waals surface area contributed by atoms with E-state index in [-0.39, 0.29) is 11.5 Å². The van der Waals surface area contributed by atoms with E-state index in [2.05, 4.69) is 10.3 Å². The molecule has 6 nitrogen and oxygen atoms in total. The Labute approximate surface area is 174 Å². The van der Waals surface area contributed by atoms with Gasteiger partial charge in [0.2, 0.25) is 0 Å². The van der Waals surface area contributed by atoms with Crippen LogP contribution in [0.25, 0.3) is 11.3 Å². The molecule has 0 unspecified atom stereocenters. The molecule has 1 aromatic heterocycles. The molecule has 2 amide bonds. The molecular formula is C20H20Cl2N4O2. The van der Waals surface area contributed by atoms with Crippen LogP contribution in [0.15, 0.2) is 36.5 Å². The molecule has 0 aliphatic rings. The van der Waals surface area contributed by atoms with E-state index in [4.69, 9.17) is 28.5 Å². The number of nitriles is 1. The summed E-state index contributed by atoms with van der Waals surface area (Å²) in [6.45, 7) is 3.87. The molecule has 0 aliphatic heterocycles. The van der Waals surface area contributed by atoms with Crippen molar-refractivity contribution >= 4 is 35.0 Å². The zero-order chi connectivity index (χ0) is 20.8. The summed E-state index contributed by atoms with van der Waals surface area (Å²) in [6, 6.07) is 7.58. The monoisotopic (exact) mass is 418 g/mol. The summed E-state index contributed by atoms with van der Waals surface area (Å²) in [6.07, 6.45) is 3.57. The first-order chi connectivity index (χ1) is 13.2. The van der Waals surface area contributed by atoms with Gasteiger partial charge in [-0.05, 0) is 36.6 Å². The Hall–Kier alpha value is -2.62. The Morgan fingerprint density at radius 3 is 2.36 bits per heavy atom. The zero-order valence-electron chi connectivity index (χ0n) is 15.7. The number of carbonyl (C=O) groups excluding carboxylic acids is 2. The first-order valence-electron chi connectivity index (χ1n) is 8.63. The summed E-state index contributed by atoms with van der Waals surface area (Å²) in [7, 11) is 1.37. The van der Waals surface area contributed by atoms with Crippen LogP contribution >= 0.6 is 23.2 Å². The number of nitrogens with one attached hydrogen (secondary N) is 1. The summed E-state index contributed by atoms with van der Waals surface area (Å²) in [4.78, 5) is 30.1. The highest BCUT2D eigenvalue weighted by molar-refractivity contribution is 6.39. The number of rotatable bonds is 6. The maximum absolute atomic E-state index is 12.6. The van der Waals surface area contributed by atoms with Crippen LogP contribution in [0, 0.1) is 17.4 Å². The number of amides is 2. The van der Waals surface area contributed by atoms with Crippen molar-refractivity contribution in [1.29, 1.82) is 5.26 Å². The summed E-state index contributed by atoms with van der Waals surface area (Å²) < 4.78 is 0. The minimum atomic E-state index is -0.796. The highest BCUT2D eigenvalue weighted by Crippen LogP contribution is 2.33. The van der Waals surface area contributed by atoms with Gasteiger partial charge in [0.05, 0.1) is 21.3 Å². The van der Waals surface area contributed by atoms with E-state index < -0.39 is 17.9 Å². The van der Waals surface area contributed by atoms with Crippen molar-refractivity contribution in [3.8, 4) is 17.5 Å². The van der Waals surface area contributed by atoms with Crippen LogP contribution in [0.3, 0.4) is 0 Å². The minimum Gasteiger partial charge on any atom is -0.340 e. The lowest BCUT2D eigenvalue weighted by molar-refractivity contribution is -0.129. The van der Waals surface area contributed by atoms with Gasteiger partial charge >= 0.3 is 0 Å². The maximum Gasteiger partial charge on any atom is 0.257 e. The van der Waals surface area contributed by atoms with E-state index in [1.165, 1.54) is 13.2 Å². The first-order valence-corrected chi connectivity index (χ1v) is 9.38. The number of hydrogen-bond donors (Lipinski definition) is 1. The van der Waals surface area contributed by atoms with Crippen LogP contribution in [-0.2, 0) is 4.79 Å². The minimum absolute atomic E-state index is 0.157. The molecule has 1 aromatic carbocycles. The molecule has 0 spiro atoms. The van der Waals surface area contributed by atoms with Crippen molar-refractivity contribution in [2.75, 3.05) is 7.05 Å². The van der Waals surface area contributed by atoms with E-state index in [1.807, 2.05) is 13.8 Å². The van der Waals surface area contributed by atoms with Crippen molar-refractivity contribution in [3.05, 3.63) is 52.1 Å². The van der Waals surface area contributed by atoms with Gasteiger partial charge in [0, 0.05) is 18.8 Å². The Morgan fingerprint density at radius 1 is 1.21 bits per heavy atom. The van der Waals surface area contributed by atoms with Crippen molar-refractivity contribution in [2.24, 2.45) is 5.92 Å². The smallest absolute Gasteiger partial charge is 0.257 e. The third-order valence-corrected chi connectivity index (χ3v) is 4.67. The topological polar surface area (TPSA) is 86.1 Å². The van der Waals surface area contributed by atoms with Gasteiger partial charge in [-0.1, -0.05) is 43.1 Å². The highest BCUT2D eigenvalue weighted by atomic mass is 35.5. The lowest BCUT2D eigenvalue weighted by Crippen LogP contribution is -2.46. The molecule has 2 aromatic rings. The normalized spacial score (nSPS) is 11.6. The fourth-order valence-electron chi connectivity index (χ4n) is 2.64. The molecule has 0 radical (unpaired) electrons. The molecule has 1 heterocycles. The van der Waals surface area contributed by atoms with E-state index >= 15 is 0 Å². The average molecular weight is 419 g/mol. The number of carbonyl (C=O) groups is 2. The number of pyridine rings is 1. The number of benzene rings is 1. The largest absolute Gasteiger partial charge is 0.340 e. The van der Waals surface area contributed by atoms with Crippen LogP contribution in [0.5, 0.6) is 0 Å². The summed E-state index contributed by atoms with van der Waals surface area (Å²) >= 11 is 12.4. The summed E-state index contributed by atoms with van der Waals surface area (Å²) in [5.41, 5.74) is 1.40. The van der Waals surface area contributed by atoms with Crippen LogP contribution < -0.4 is 5.32 Å². The fraction of sp³-hybridized carbons (Fsp3) is 0.300. The lowest BCUT2D eigenvalue weighted by atomic mass is 10.0. The van der Waals surface area contributed by atoms with Crippen LogP contribution in [0.4, 0.5) is 0 Å². The van der Waals surface area contributed by atoms with E-state index in [9.17, 15) is 9.59 Å². The van der Waals surface area contributed by atoms with Gasteiger partial charge < -0.3 is 5.32 Å². The number of hydrogen-bond acceptors (Lipinski definition) is 4. The Kier molecular flexibility index (Phi) is 7.38. The van der Waals surface area contributed by atoms with Crippen LogP contribution in [-0.4, -0.2) is 34.8 Å². The molecule has 1 atom stereocenters. The molecule has 1 N–H and O–H groups in total. The second kappa shape index (κ2) is 9.54. The van der Waals surface area contributed by atoms with Gasteiger partial charge in [-0.25, -0.2) is 0 Å². The molecule has 0 bridgehead atoms. The fourth-order valence-corrected chi connectivity index (χ4v) is 3.23. The molecular weight excluding hydrogens is 399 g/mol. The SMILES string of the molecule is CC(C)C[C@H](NC(=O)c1ccc(-c2c(Cl)cccc2Cl)nc1)C(=O)N(C)C#N. The number of likely N-dealkylation sites (N-methyl/N-ethyl adjacent to an activating group) is 1. The second-order valence-corrected chi connectivity index (χ2v) is 7.50. The van der Waals surface area contributed by atoms with Crippen molar-refractivity contribution in [3.63, 3.8) is 0 Å². The molecule has 0 fully saturated rings. The van der Waals surface area contributed by atoms with Crippen molar-refractivity contribution in [1.82, 2.24) is 15.2 Å². The Balaban J connectivity index is 2.21. The first kappa shape index (κ1) is 21.7. The number of halogens is 2. The average Bonchev–Trinajstić information content (AvgIpc) is 2.66. The maximum atomic E-state index is 12.6. The molecule has 0 aliphatic carbocycles. The van der Waals surface area contributed by atoms with Crippen LogP contribution in [0.2, 0.25) is 10.0 Å². The predicted octanol–water partition coefficient (Wildman–Crippen LogP) is 4.14. The van der Waals surface area contributed by atoms with Gasteiger partial charge in [0.1, 0.15) is 6.04 Å². The molecule has 2 rings (SSSR count). The second-order valence-electron chi connectivity index (χ2n) is 6.68. The summed E-state index contributed by atoms with van der Waals surface area (Å²) in [5, 5.41) is 12.5. The zero-order valence-corrected chi connectivity index (χ0v) is 17.3. The number of aromatic nitrogens is 1. The quantitative estimate of drug-likeness (QED) is 0.563. The van der Waals surface area contributed by atoms with Gasteiger partial charge in [-0.2, -0.15) is 5.26 Å². The summed E-state index contributed by atoms with van der Waals surface area (Å²) in [5.74, 6) is -0.754. The molecule has 0 saturated carbocycles. The third-order valence-electron chi connectivity index (χ3n) is 4.04. The third kappa shape index (κ3) is 5.22. The van der Waals surface area contributed by atoms with Gasteiger partial charge in [0.15, 0.2) is 6.19 Å². The van der Waals surface area contributed by atoms with Gasteiger partial charge in [-0.15, -0.1) is 0 Å². The van der Waals surface area contributed by atoms with Crippen LogP contribution in [0.1, 0.15) is 30.6 Å². The van der Waals surface area contributed by atoms with Crippen molar-refractivity contribution in [2.45, 2.75) is 26.3 Å². The molecule has 28 heavy (non-hydrogen) atoms. The lowest BCUT2D eigenvalue weighted by Gasteiger charge is -2.21. The number of nitrogens with zero attached hydrogens (tertiary/aromatic N) is 3. The Morgan fingerprint density at radius 2 is 1.86 bits per heavy atom. The van der Waals surface area contributed by atoms with Gasteiger partial charge in [-0.3, -0.25) is 19.5 Å². The molecule has 8 heteroatoms. The Bertz CT molecular complexity index is 887. The predicted molar refractivity (Wildman–Crippen MR) is 109 cm³/mol. The standard InChI is InChI=1S/C20H20Cl2N4O2/c1-12(2)9-17(20(28)26(3)11-23)25-19(27)13-7-8-16(24-10-13)18-14(21)5-4-6-15(18)22/h4-8,10,12,17H,9H2,1-3H3,(H,25,27)/t17-/m0/s1. The van der Waals surface area contributed by atoms with Gasteiger partial charge in [0.25, 0.3) is 11.8 Å². The molecule has 146 valence electrons. The van der Waals surface area contributed by atoms with E-state index in [0.717, 1.165) is 4.90 Å². The van der Waals surface area contributed by atoms with Crippen molar-refractivity contribution < 1.29 is 9.59 Å². The molecule has 0 saturated heterocycles. The highest BCUT2D eigenvalue weighted by Gasteiger charge is 2.25. The van der Waals surface area contributed by atoms with E-state index in [0.29, 0.717) is 27.7 Å². The van der Waals surface area contributed by atoms with E-state index in [1.54, 1.807) is 36.5 Å².